The van der Waals surface area contributed by atoms with Gasteiger partial charge in [-0.1, -0.05) is 35.9 Å². The molecule has 0 saturated carbocycles. The summed E-state index contributed by atoms with van der Waals surface area (Å²) in [5.41, 5.74) is 1.32. The molecule has 0 aliphatic heterocycles. The summed E-state index contributed by atoms with van der Waals surface area (Å²) in [4.78, 5) is 0. The molecule has 1 aliphatic carbocycles. The normalized spacial score (nSPS) is 12.9. The van der Waals surface area contributed by atoms with E-state index in [0.29, 0.717) is 0 Å². The zero-order chi connectivity index (χ0) is 14.0. The van der Waals surface area contributed by atoms with E-state index in [-0.39, 0.29) is 0 Å². The molecule has 1 aromatic rings. The molecule has 0 unspecified atom stereocenters. The van der Waals surface area contributed by atoms with Crippen LogP contribution in [0.5, 0.6) is 0 Å². The second-order valence-electron chi connectivity index (χ2n) is 3.38. The van der Waals surface area contributed by atoms with Crippen LogP contribution in [0.15, 0.2) is 53.0 Å². The molecular weight excluding hydrogens is 287 g/mol. The second-order valence-corrected chi connectivity index (χ2v) is 4.09. The van der Waals surface area contributed by atoms with E-state index in [1.165, 1.54) is 10.0 Å². The van der Waals surface area contributed by atoms with Crippen LogP contribution >= 0.6 is 0 Å². The fraction of sp³-hybridized carbons (Fsp3) is 0.167. The Balaban J connectivity index is 0.000000245. The van der Waals surface area contributed by atoms with Crippen molar-refractivity contribution in [1.29, 1.82) is 0 Å². The topological polar surface area (TPSA) is 0 Å². The van der Waals surface area contributed by atoms with E-state index in [9.17, 15) is 17.3 Å². The van der Waals surface area contributed by atoms with Crippen LogP contribution in [0.3, 0.4) is 0 Å². The third kappa shape index (κ3) is 15.0. The Morgan fingerprint density at radius 2 is 1.56 bits per heavy atom. The molecule has 0 fully saturated rings. The quantitative estimate of drug-likeness (QED) is 0.482. The summed E-state index contributed by atoms with van der Waals surface area (Å²) in [6, 6.07) is 10.3. The van der Waals surface area contributed by atoms with E-state index in [2.05, 4.69) is 41.1 Å². The minimum atomic E-state index is -6.00. The first-order chi connectivity index (χ1) is 8.29. The Bertz CT molecular complexity index is 379. The molecule has 0 aromatic heterocycles. The Hall–Kier alpha value is -0.996. The molecule has 1 aliphatic rings. The van der Waals surface area contributed by atoms with E-state index in [1.54, 1.807) is 0 Å². The standard InChI is InChI=1S/C7H8.C5H5.BF4.Fe/c1-7-5-3-2-4-6-7;1-2-4-5-3-1;2-1(3,4)5;/h2-6H,1H3;1-3H,4H2;;/q;;-1;+1. The maximum absolute atomic E-state index is 9.75. The third-order valence-corrected chi connectivity index (χ3v) is 2.07. The van der Waals surface area contributed by atoms with Crippen molar-refractivity contribution in [3.63, 3.8) is 0 Å². The van der Waals surface area contributed by atoms with Gasteiger partial charge in [0.1, 0.15) is 0 Å². The molecule has 0 heterocycles. The van der Waals surface area contributed by atoms with Crippen molar-refractivity contribution in [3.05, 3.63) is 58.6 Å². The monoisotopic (exact) mass is 300 g/mol. The maximum atomic E-state index is 9.75. The van der Waals surface area contributed by atoms with Crippen LogP contribution in [-0.2, 0) is 16.0 Å². The van der Waals surface area contributed by atoms with Crippen molar-refractivity contribution >= 4 is 7.25 Å². The Labute approximate surface area is 113 Å². The van der Waals surface area contributed by atoms with E-state index in [1.807, 2.05) is 30.4 Å². The average molecular weight is 300 g/mol. The third-order valence-electron chi connectivity index (χ3n) is 1.66. The van der Waals surface area contributed by atoms with Gasteiger partial charge < -0.3 is 17.3 Å². The molecule has 2 rings (SSSR count). The summed E-state index contributed by atoms with van der Waals surface area (Å²) in [5, 5.41) is 0. The number of hydrogen-bond donors (Lipinski definition) is 0. The van der Waals surface area contributed by atoms with Crippen LogP contribution in [0.4, 0.5) is 17.3 Å². The first-order valence-electron chi connectivity index (χ1n) is 5.18. The number of hydrogen-bond acceptors (Lipinski definition) is 0. The van der Waals surface area contributed by atoms with Gasteiger partial charge in [-0.2, -0.15) is 0 Å². The number of rotatable bonds is 0. The number of halogens is 4. The van der Waals surface area contributed by atoms with Crippen molar-refractivity contribution in [2.75, 3.05) is 0 Å². The summed E-state index contributed by atoms with van der Waals surface area (Å²) in [5.74, 6) is 0. The van der Waals surface area contributed by atoms with E-state index in [0.717, 1.165) is 6.42 Å². The molecule has 18 heavy (non-hydrogen) atoms. The molecule has 0 atom stereocenters. The molecule has 0 saturated heterocycles. The Kier molecular flexibility index (Phi) is 8.51. The summed E-state index contributed by atoms with van der Waals surface area (Å²) >= 11 is 3.74. The van der Waals surface area contributed by atoms with Crippen LogP contribution < -0.4 is 0 Å². The summed E-state index contributed by atoms with van der Waals surface area (Å²) in [6.45, 7) is 2.08. The van der Waals surface area contributed by atoms with Gasteiger partial charge in [-0.3, -0.25) is 0 Å². The average Bonchev–Trinajstić information content (AvgIpc) is 2.69. The van der Waals surface area contributed by atoms with E-state index < -0.39 is 7.25 Å². The molecule has 6 heteroatoms. The summed E-state index contributed by atoms with van der Waals surface area (Å²) in [6.07, 6.45) is 7.21. The van der Waals surface area contributed by atoms with Crippen molar-refractivity contribution in [2.45, 2.75) is 13.3 Å². The van der Waals surface area contributed by atoms with E-state index in [4.69, 9.17) is 0 Å². The second kappa shape index (κ2) is 9.00. The fourth-order valence-corrected chi connectivity index (χ4v) is 1.19. The molecule has 0 spiro atoms. The SMILES string of the molecule is Cc1ccccc1.F[B-](F)(F)F.[Fe+][C]1=CC=CC1. The van der Waals surface area contributed by atoms with Gasteiger partial charge in [0.25, 0.3) is 0 Å². The van der Waals surface area contributed by atoms with Gasteiger partial charge in [0.2, 0.25) is 0 Å². The van der Waals surface area contributed by atoms with Crippen molar-refractivity contribution in [2.24, 2.45) is 0 Å². The van der Waals surface area contributed by atoms with Gasteiger partial charge in [0.15, 0.2) is 0 Å². The predicted molar refractivity (Wildman–Crippen MR) is 63.2 cm³/mol. The van der Waals surface area contributed by atoms with Gasteiger partial charge in [0.05, 0.1) is 0 Å². The summed E-state index contributed by atoms with van der Waals surface area (Å²) in [7, 11) is -6.00. The van der Waals surface area contributed by atoms with E-state index >= 15 is 0 Å². The van der Waals surface area contributed by atoms with Crippen LogP contribution in [0.2, 0.25) is 0 Å². The molecule has 0 radical (unpaired) electrons. The Morgan fingerprint density at radius 1 is 1.06 bits per heavy atom. The van der Waals surface area contributed by atoms with Crippen molar-refractivity contribution in [1.82, 2.24) is 0 Å². The number of benzene rings is 1. The predicted octanol–water partition coefficient (Wildman–Crippen LogP) is 4.67. The molecule has 0 bridgehead atoms. The van der Waals surface area contributed by atoms with Crippen molar-refractivity contribution < 1.29 is 33.3 Å². The first-order valence-corrected chi connectivity index (χ1v) is 5.73. The molecule has 0 amide bonds. The molecule has 0 nitrogen and oxygen atoms in total. The first kappa shape index (κ1) is 17.0. The van der Waals surface area contributed by atoms with Crippen LogP contribution in [0.1, 0.15) is 12.0 Å². The van der Waals surface area contributed by atoms with Gasteiger partial charge in [-0.15, -0.1) is 0 Å². The van der Waals surface area contributed by atoms with Gasteiger partial charge in [-0.05, 0) is 6.92 Å². The zero-order valence-electron chi connectivity index (χ0n) is 9.77. The van der Waals surface area contributed by atoms with Crippen LogP contribution in [0.25, 0.3) is 0 Å². The number of aryl methyl sites for hydroxylation is 1. The van der Waals surface area contributed by atoms with Gasteiger partial charge in [0, 0.05) is 0 Å². The van der Waals surface area contributed by atoms with Gasteiger partial charge >= 0.3 is 52.4 Å². The van der Waals surface area contributed by atoms with Gasteiger partial charge in [-0.25, -0.2) is 0 Å². The van der Waals surface area contributed by atoms with Crippen molar-refractivity contribution in [3.8, 4) is 0 Å². The molecular formula is C12H13BF4Fe. The molecule has 100 valence electrons. The number of allylic oxidation sites excluding steroid dienone is 4. The van der Waals surface area contributed by atoms with Crippen LogP contribution in [0, 0.1) is 6.92 Å². The molecule has 1 aromatic carbocycles. The minimum absolute atomic E-state index is 1.06. The Morgan fingerprint density at radius 3 is 1.72 bits per heavy atom. The molecule has 0 N–H and O–H groups in total. The zero-order valence-corrected chi connectivity index (χ0v) is 10.9. The summed E-state index contributed by atoms with van der Waals surface area (Å²) < 4.78 is 40.2. The van der Waals surface area contributed by atoms with Crippen LogP contribution in [-0.4, -0.2) is 7.25 Å². The fourth-order valence-electron chi connectivity index (χ4n) is 0.950.